The number of hydrogen-bond donors (Lipinski definition) is 1. The fourth-order valence-electron chi connectivity index (χ4n) is 1.52. The number of hydrogen-bond acceptors (Lipinski definition) is 5. The van der Waals surface area contributed by atoms with Crippen LogP contribution in [0, 0.1) is 0 Å². The van der Waals surface area contributed by atoms with Gasteiger partial charge in [0.25, 0.3) is 5.91 Å². The van der Waals surface area contributed by atoms with E-state index >= 15 is 0 Å². The van der Waals surface area contributed by atoms with Gasteiger partial charge in [-0.05, 0) is 18.2 Å². The zero-order chi connectivity index (χ0) is 13.0. The van der Waals surface area contributed by atoms with Gasteiger partial charge in [-0.3, -0.25) is 9.59 Å². The largest absolute Gasteiger partial charge is 0.469 e. The van der Waals surface area contributed by atoms with Crippen LogP contribution in [0.5, 0.6) is 11.5 Å². The molecule has 6 heteroatoms. The molecular formula is C12H13NO5. The molecule has 0 spiro atoms. The number of ether oxygens (including phenoxy) is 3. The molecule has 1 aliphatic rings. The molecule has 0 aliphatic carbocycles. The summed E-state index contributed by atoms with van der Waals surface area (Å²) >= 11 is 0. The van der Waals surface area contributed by atoms with Gasteiger partial charge >= 0.3 is 5.97 Å². The van der Waals surface area contributed by atoms with E-state index in [4.69, 9.17) is 9.47 Å². The molecule has 0 bridgehead atoms. The van der Waals surface area contributed by atoms with Crippen LogP contribution in [0.1, 0.15) is 16.8 Å². The van der Waals surface area contributed by atoms with Gasteiger partial charge in [0, 0.05) is 12.1 Å². The fraction of sp³-hybridized carbons (Fsp3) is 0.333. The van der Waals surface area contributed by atoms with Crippen molar-refractivity contribution in [3.8, 4) is 11.5 Å². The first-order valence-corrected chi connectivity index (χ1v) is 5.45. The maximum absolute atomic E-state index is 11.8. The maximum atomic E-state index is 11.8. The third-order valence-corrected chi connectivity index (χ3v) is 2.48. The van der Waals surface area contributed by atoms with Crippen LogP contribution in [0.25, 0.3) is 0 Å². The van der Waals surface area contributed by atoms with Crippen LogP contribution in [0.4, 0.5) is 0 Å². The van der Waals surface area contributed by atoms with Crippen molar-refractivity contribution < 1.29 is 23.8 Å². The molecule has 1 aromatic rings. The highest BCUT2D eigenvalue weighted by atomic mass is 16.7. The van der Waals surface area contributed by atoms with E-state index in [9.17, 15) is 9.59 Å². The Labute approximate surface area is 104 Å². The Kier molecular flexibility index (Phi) is 3.66. The Hall–Kier alpha value is -2.24. The van der Waals surface area contributed by atoms with Crippen molar-refractivity contribution in [3.63, 3.8) is 0 Å². The van der Waals surface area contributed by atoms with E-state index in [-0.39, 0.29) is 31.6 Å². The lowest BCUT2D eigenvalue weighted by atomic mass is 10.2. The van der Waals surface area contributed by atoms with Crippen LogP contribution in [0.2, 0.25) is 0 Å². The Morgan fingerprint density at radius 1 is 1.33 bits per heavy atom. The Morgan fingerprint density at radius 2 is 2.11 bits per heavy atom. The third kappa shape index (κ3) is 2.71. The fourth-order valence-corrected chi connectivity index (χ4v) is 1.52. The number of esters is 1. The molecule has 0 saturated heterocycles. The van der Waals surface area contributed by atoms with Crippen LogP contribution < -0.4 is 14.8 Å². The monoisotopic (exact) mass is 251 g/mol. The summed E-state index contributed by atoms with van der Waals surface area (Å²) in [6.45, 7) is 0.405. The summed E-state index contributed by atoms with van der Waals surface area (Å²) in [6.07, 6.45) is 0.146. The number of carbonyl (C=O) groups excluding carboxylic acids is 2. The Bertz CT molecular complexity index is 472. The highest BCUT2D eigenvalue weighted by molar-refractivity contribution is 5.95. The average molecular weight is 251 g/mol. The smallest absolute Gasteiger partial charge is 0.307 e. The van der Waals surface area contributed by atoms with Crippen LogP contribution >= 0.6 is 0 Å². The van der Waals surface area contributed by atoms with Crippen molar-refractivity contribution in [3.05, 3.63) is 23.8 Å². The van der Waals surface area contributed by atoms with Gasteiger partial charge in [0.15, 0.2) is 11.5 Å². The van der Waals surface area contributed by atoms with E-state index in [1.165, 1.54) is 7.11 Å². The van der Waals surface area contributed by atoms with Crippen LogP contribution in [0.15, 0.2) is 18.2 Å². The number of benzene rings is 1. The predicted molar refractivity (Wildman–Crippen MR) is 61.5 cm³/mol. The molecule has 0 aromatic heterocycles. The molecule has 1 aromatic carbocycles. The second-order valence-corrected chi connectivity index (χ2v) is 3.65. The molecule has 0 fully saturated rings. The molecule has 0 radical (unpaired) electrons. The molecule has 96 valence electrons. The lowest BCUT2D eigenvalue weighted by molar-refractivity contribution is -0.140. The van der Waals surface area contributed by atoms with Gasteiger partial charge in [0.2, 0.25) is 6.79 Å². The lowest BCUT2D eigenvalue weighted by Gasteiger charge is -2.05. The predicted octanol–water partition coefficient (Wildman–Crippen LogP) is 0.708. The summed E-state index contributed by atoms with van der Waals surface area (Å²) in [5.74, 6) is 0.551. The minimum atomic E-state index is -0.360. The van der Waals surface area contributed by atoms with Crippen LogP contribution in [-0.2, 0) is 9.53 Å². The molecule has 0 atom stereocenters. The molecule has 1 aliphatic heterocycles. The van der Waals surface area contributed by atoms with Gasteiger partial charge in [-0.1, -0.05) is 0 Å². The standard InChI is InChI=1S/C12H13NO5/c1-16-11(14)4-5-13-12(15)8-2-3-9-10(6-8)18-7-17-9/h2-3,6H,4-5,7H2,1H3,(H,13,15). The molecule has 1 N–H and O–H groups in total. The maximum Gasteiger partial charge on any atom is 0.307 e. The first-order valence-electron chi connectivity index (χ1n) is 5.45. The minimum absolute atomic E-state index is 0.146. The summed E-state index contributed by atoms with van der Waals surface area (Å²) in [5.41, 5.74) is 0.462. The first-order chi connectivity index (χ1) is 8.70. The Morgan fingerprint density at radius 3 is 2.89 bits per heavy atom. The molecule has 1 amide bonds. The molecule has 2 rings (SSSR count). The zero-order valence-electron chi connectivity index (χ0n) is 9.89. The van der Waals surface area contributed by atoms with Crippen molar-refractivity contribution in [2.45, 2.75) is 6.42 Å². The zero-order valence-corrected chi connectivity index (χ0v) is 9.89. The number of amides is 1. The highest BCUT2D eigenvalue weighted by Crippen LogP contribution is 2.32. The van der Waals surface area contributed by atoms with Gasteiger partial charge in [-0.2, -0.15) is 0 Å². The average Bonchev–Trinajstić information content (AvgIpc) is 2.85. The minimum Gasteiger partial charge on any atom is -0.469 e. The third-order valence-electron chi connectivity index (χ3n) is 2.48. The van der Waals surface area contributed by atoms with Gasteiger partial charge in [-0.25, -0.2) is 0 Å². The summed E-state index contributed by atoms with van der Waals surface area (Å²) in [7, 11) is 1.31. The first kappa shape index (κ1) is 12.2. The lowest BCUT2D eigenvalue weighted by Crippen LogP contribution is -2.26. The summed E-state index contributed by atoms with van der Waals surface area (Å²) in [4.78, 5) is 22.6. The topological polar surface area (TPSA) is 73.9 Å². The SMILES string of the molecule is COC(=O)CCNC(=O)c1ccc2c(c1)OCO2. The van der Waals surface area contributed by atoms with Crippen LogP contribution in [0.3, 0.4) is 0 Å². The molecule has 18 heavy (non-hydrogen) atoms. The van der Waals surface area contributed by atoms with Crippen molar-refractivity contribution in [2.24, 2.45) is 0 Å². The van der Waals surface area contributed by atoms with Crippen molar-refractivity contribution >= 4 is 11.9 Å². The van der Waals surface area contributed by atoms with E-state index in [0.717, 1.165) is 0 Å². The summed E-state index contributed by atoms with van der Waals surface area (Å²) in [5, 5.41) is 2.62. The van der Waals surface area contributed by atoms with E-state index in [1.54, 1.807) is 18.2 Å². The van der Waals surface area contributed by atoms with Crippen molar-refractivity contribution in [1.82, 2.24) is 5.32 Å². The molecule has 0 saturated carbocycles. The normalized spacial score (nSPS) is 12.1. The van der Waals surface area contributed by atoms with E-state index in [2.05, 4.69) is 10.1 Å². The summed E-state index contributed by atoms with van der Waals surface area (Å²) in [6, 6.07) is 4.92. The Balaban J connectivity index is 1.91. The van der Waals surface area contributed by atoms with Gasteiger partial charge in [-0.15, -0.1) is 0 Å². The van der Waals surface area contributed by atoms with Gasteiger partial charge in [0.1, 0.15) is 0 Å². The molecular weight excluding hydrogens is 238 g/mol. The number of methoxy groups -OCH3 is 1. The molecule has 0 unspecified atom stereocenters. The van der Waals surface area contributed by atoms with Gasteiger partial charge < -0.3 is 19.5 Å². The van der Waals surface area contributed by atoms with E-state index in [0.29, 0.717) is 17.1 Å². The number of fused-ring (bicyclic) bond motifs is 1. The second-order valence-electron chi connectivity index (χ2n) is 3.65. The van der Waals surface area contributed by atoms with E-state index < -0.39 is 0 Å². The van der Waals surface area contributed by atoms with Crippen molar-refractivity contribution in [1.29, 1.82) is 0 Å². The molecule has 6 nitrogen and oxygen atoms in total. The van der Waals surface area contributed by atoms with Crippen molar-refractivity contribution in [2.75, 3.05) is 20.4 Å². The number of carbonyl (C=O) groups is 2. The quantitative estimate of drug-likeness (QED) is 0.798. The van der Waals surface area contributed by atoms with Gasteiger partial charge in [0.05, 0.1) is 13.5 Å². The van der Waals surface area contributed by atoms with Crippen LogP contribution in [-0.4, -0.2) is 32.3 Å². The number of rotatable bonds is 4. The molecule has 1 heterocycles. The second kappa shape index (κ2) is 5.39. The summed E-state index contributed by atoms with van der Waals surface area (Å²) < 4.78 is 14.8. The van der Waals surface area contributed by atoms with E-state index in [1.807, 2.05) is 0 Å². The highest BCUT2D eigenvalue weighted by Gasteiger charge is 2.16. The number of nitrogens with one attached hydrogen (secondary N) is 1.